The summed E-state index contributed by atoms with van der Waals surface area (Å²) in [5.41, 5.74) is 3.35. The van der Waals surface area contributed by atoms with Crippen LogP contribution in [0.2, 0.25) is 0 Å². The summed E-state index contributed by atoms with van der Waals surface area (Å²) in [6, 6.07) is 3.66. The Morgan fingerprint density at radius 3 is 2.86 bits per heavy atom. The molecular formula is C15H20N4OS. The summed E-state index contributed by atoms with van der Waals surface area (Å²) < 4.78 is 0. The highest BCUT2D eigenvalue weighted by Gasteiger charge is 2.10. The molecule has 0 aliphatic rings. The Hall–Kier alpha value is -1.95. The molecule has 0 atom stereocenters. The van der Waals surface area contributed by atoms with Crippen molar-refractivity contribution in [1.29, 1.82) is 0 Å². The molecule has 2 heterocycles. The van der Waals surface area contributed by atoms with Crippen LogP contribution in [-0.2, 0) is 13.0 Å². The molecule has 0 aliphatic carbocycles. The molecule has 0 saturated carbocycles. The number of aryl methyl sites for hydroxylation is 1. The van der Waals surface area contributed by atoms with Gasteiger partial charge in [0.25, 0.3) is 5.91 Å². The molecule has 2 aromatic heterocycles. The van der Waals surface area contributed by atoms with Gasteiger partial charge in [-0.2, -0.15) is 0 Å². The van der Waals surface area contributed by atoms with Crippen LogP contribution < -0.4 is 10.6 Å². The van der Waals surface area contributed by atoms with E-state index in [-0.39, 0.29) is 5.91 Å². The topological polar surface area (TPSA) is 66.9 Å². The first-order chi connectivity index (χ1) is 10.2. The molecule has 0 aromatic carbocycles. The number of pyridine rings is 1. The van der Waals surface area contributed by atoms with E-state index in [9.17, 15) is 4.79 Å². The van der Waals surface area contributed by atoms with Gasteiger partial charge >= 0.3 is 0 Å². The zero-order valence-corrected chi connectivity index (χ0v) is 13.2. The van der Waals surface area contributed by atoms with Crippen LogP contribution in [0.5, 0.6) is 0 Å². The molecule has 0 bridgehead atoms. The second-order valence-electron chi connectivity index (χ2n) is 4.66. The zero-order chi connectivity index (χ0) is 15.1. The summed E-state index contributed by atoms with van der Waals surface area (Å²) in [6.07, 6.45) is 3.64. The zero-order valence-electron chi connectivity index (χ0n) is 12.3. The van der Waals surface area contributed by atoms with Crippen molar-refractivity contribution in [2.45, 2.75) is 33.2 Å². The smallest absolute Gasteiger partial charge is 0.251 e. The summed E-state index contributed by atoms with van der Waals surface area (Å²) in [6.45, 7) is 5.40. The van der Waals surface area contributed by atoms with Gasteiger partial charge in [-0.15, -0.1) is 11.3 Å². The lowest BCUT2D eigenvalue weighted by Gasteiger charge is -2.09. The van der Waals surface area contributed by atoms with Crippen LogP contribution in [-0.4, -0.2) is 22.4 Å². The SMILES string of the molecule is CCCc1cc(C(=O)NCc2cncs2)cc(NCC)n1. The fourth-order valence-electron chi connectivity index (χ4n) is 1.97. The number of carbonyl (C=O) groups is 1. The predicted octanol–water partition coefficient (Wildman–Crippen LogP) is 2.85. The minimum atomic E-state index is -0.0812. The summed E-state index contributed by atoms with van der Waals surface area (Å²) in [5.74, 6) is 0.675. The van der Waals surface area contributed by atoms with Crippen LogP contribution >= 0.6 is 11.3 Å². The van der Waals surface area contributed by atoms with Gasteiger partial charge in [0.2, 0.25) is 0 Å². The number of carbonyl (C=O) groups excluding carboxylic acids is 1. The van der Waals surface area contributed by atoms with Crippen molar-refractivity contribution in [1.82, 2.24) is 15.3 Å². The van der Waals surface area contributed by atoms with Crippen LogP contribution in [0.25, 0.3) is 0 Å². The first-order valence-corrected chi connectivity index (χ1v) is 8.01. The van der Waals surface area contributed by atoms with Crippen LogP contribution in [0, 0.1) is 0 Å². The van der Waals surface area contributed by atoms with Crippen molar-refractivity contribution < 1.29 is 4.79 Å². The predicted molar refractivity (Wildman–Crippen MR) is 85.7 cm³/mol. The second-order valence-corrected chi connectivity index (χ2v) is 5.63. The quantitative estimate of drug-likeness (QED) is 0.825. The van der Waals surface area contributed by atoms with Crippen molar-refractivity contribution in [3.05, 3.63) is 40.0 Å². The number of hydrogen-bond donors (Lipinski definition) is 2. The summed E-state index contributed by atoms with van der Waals surface area (Å²) >= 11 is 1.53. The number of nitrogens with one attached hydrogen (secondary N) is 2. The van der Waals surface area contributed by atoms with Crippen molar-refractivity contribution in [3.8, 4) is 0 Å². The van der Waals surface area contributed by atoms with Gasteiger partial charge in [-0.05, 0) is 25.5 Å². The van der Waals surface area contributed by atoms with E-state index in [0.29, 0.717) is 12.1 Å². The van der Waals surface area contributed by atoms with Gasteiger partial charge in [-0.3, -0.25) is 9.78 Å². The first kappa shape index (κ1) is 15.4. The number of anilines is 1. The Balaban J connectivity index is 2.10. The van der Waals surface area contributed by atoms with E-state index >= 15 is 0 Å². The number of aromatic nitrogens is 2. The lowest BCUT2D eigenvalue weighted by atomic mass is 10.1. The van der Waals surface area contributed by atoms with Crippen molar-refractivity contribution in [2.24, 2.45) is 0 Å². The summed E-state index contributed by atoms with van der Waals surface area (Å²) in [5, 5.41) is 6.09. The average molecular weight is 304 g/mol. The molecule has 0 aliphatic heterocycles. The van der Waals surface area contributed by atoms with Crippen LogP contribution in [0.4, 0.5) is 5.82 Å². The van der Waals surface area contributed by atoms with Gasteiger partial charge in [-0.1, -0.05) is 13.3 Å². The van der Waals surface area contributed by atoms with E-state index in [1.165, 1.54) is 11.3 Å². The Morgan fingerprint density at radius 1 is 1.33 bits per heavy atom. The number of amides is 1. The van der Waals surface area contributed by atoms with E-state index in [4.69, 9.17) is 0 Å². The van der Waals surface area contributed by atoms with Crippen molar-refractivity contribution >= 4 is 23.1 Å². The first-order valence-electron chi connectivity index (χ1n) is 7.13. The third-order valence-electron chi connectivity index (χ3n) is 2.91. The fourth-order valence-corrected chi connectivity index (χ4v) is 2.51. The maximum atomic E-state index is 12.3. The normalized spacial score (nSPS) is 10.4. The maximum absolute atomic E-state index is 12.3. The number of rotatable bonds is 7. The van der Waals surface area contributed by atoms with Gasteiger partial charge in [0.05, 0.1) is 12.1 Å². The Labute approximate surface area is 128 Å². The molecule has 6 heteroatoms. The lowest BCUT2D eigenvalue weighted by molar-refractivity contribution is 0.0951. The fraction of sp³-hybridized carbons (Fsp3) is 0.400. The minimum absolute atomic E-state index is 0.0812. The molecule has 0 spiro atoms. The monoisotopic (exact) mass is 304 g/mol. The molecule has 112 valence electrons. The average Bonchev–Trinajstić information content (AvgIpc) is 2.98. The van der Waals surface area contributed by atoms with E-state index in [1.807, 2.05) is 13.0 Å². The Kier molecular flexibility index (Phi) is 5.68. The molecule has 1 amide bonds. The van der Waals surface area contributed by atoms with Crippen molar-refractivity contribution in [3.63, 3.8) is 0 Å². The highest BCUT2D eigenvalue weighted by Crippen LogP contribution is 2.13. The van der Waals surface area contributed by atoms with Gasteiger partial charge < -0.3 is 10.6 Å². The Bertz CT molecular complexity index is 559. The largest absolute Gasteiger partial charge is 0.370 e. The third-order valence-corrected chi connectivity index (χ3v) is 3.69. The van der Waals surface area contributed by atoms with Gasteiger partial charge in [0.1, 0.15) is 5.82 Å². The molecule has 2 N–H and O–H groups in total. The Morgan fingerprint density at radius 2 is 2.19 bits per heavy atom. The van der Waals surface area contributed by atoms with Crippen LogP contribution in [0.3, 0.4) is 0 Å². The van der Waals surface area contributed by atoms with Crippen molar-refractivity contribution in [2.75, 3.05) is 11.9 Å². The third kappa shape index (κ3) is 4.53. The molecule has 21 heavy (non-hydrogen) atoms. The highest BCUT2D eigenvalue weighted by atomic mass is 32.1. The summed E-state index contributed by atoms with van der Waals surface area (Å²) in [4.78, 5) is 21.8. The van der Waals surface area contributed by atoms with Crippen LogP contribution in [0.15, 0.2) is 23.8 Å². The van der Waals surface area contributed by atoms with Gasteiger partial charge in [-0.25, -0.2) is 4.98 Å². The number of nitrogens with zero attached hydrogens (tertiary/aromatic N) is 2. The molecule has 0 fully saturated rings. The molecule has 0 radical (unpaired) electrons. The van der Waals surface area contributed by atoms with Gasteiger partial charge in [0.15, 0.2) is 0 Å². The highest BCUT2D eigenvalue weighted by molar-refractivity contribution is 7.09. The summed E-state index contributed by atoms with van der Waals surface area (Å²) in [7, 11) is 0. The second kappa shape index (κ2) is 7.73. The van der Waals surface area contributed by atoms with E-state index in [2.05, 4.69) is 27.5 Å². The van der Waals surface area contributed by atoms with E-state index in [1.54, 1.807) is 17.8 Å². The molecular weight excluding hydrogens is 284 g/mol. The van der Waals surface area contributed by atoms with E-state index in [0.717, 1.165) is 35.8 Å². The number of thiazole rings is 1. The standard InChI is InChI=1S/C15H20N4OS/c1-3-5-12-6-11(7-14(19-12)17-4-2)15(20)18-9-13-8-16-10-21-13/h6-8,10H,3-5,9H2,1-2H3,(H,17,19)(H,18,20). The van der Waals surface area contributed by atoms with Gasteiger partial charge in [0, 0.05) is 28.9 Å². The minimum Gasteiger partial charge on any atom is -0.370 e. The lowest BCUT2D eigenvalue weighted by Crippen LogP contribution is -2.23. The van der Waals surface area contributed by atoms with E-state index < -0.39 is 0 Å². The maximum Gasteiger partial charge on any atom is 0.251 e. The molecule has 5 nitrogen and oxygen atoms in total. The number of hydrogen-bond acceptors (Lipinski definition) is 5. The molecule has 0 saturated heterocycles. The van der Waals surface area contributed by atoms with Crippen LogP contribution in [0.1, 0.15) is 41.2 Å². The molecule has 2 rings (SSSR count). The molecule has 0 unspecified atom stereocenters. The molecule has 2 aromatic rings.